The summed E-state index contributed by atoms with van der Waals surface area (Å²) in [5, 5.41) is 10.8. The van der Waals surface area contributed by atoms with Gasteiger partial charge in [0.2, 0.25) is 0 Å². The van der Waals surface area contributed by atoms with Crippen molar-refractivity contribution in [2.45, 2.75) is 37.7 Å². The van der Waals surface area contributed by atoms with E-state index < -0.39 is 29.3 Å². The van der Waals surface area contributed by atoms with Gasteiger partial charge < -0.3 is 19.6 Å². The molecule has 2 aliphatic heterocycles. The maximum absolute atomic E-state index is 13.4. The first-order valence-electron chi connectivity index (χ1n) is 12.5. The molecule has 2 fully saturated rings. The summed E-state index contributed by atoms with van der Waals surface area (Å²) in [6.07, 6.45) is 6.17. The van der Waals surface area contributed by atoms with Gasteiger partial charge in [-0.05, 0) is 80.4 Å². The van der Waals surface area contributed by atoms with Crippen LogP contribution < -0.4 is 4.74 Å². The lowest BCUT2D eigenvalue weighted by atomic mass is 9.88. The van der Waals surface area contributed by atoms with Gasteiger partial charge in [-0.15, -0.1) is 0 Å². The van der Waals surface area contributed by atoms with Crippen LogP contribution in [-0.4, -0.2) is 66.6 Å². The SMILES string of the molecule is COc1ccc(C2CCN(CC(O)C3CCN(C=CC(=O)c4cc(F)c(F)c(F)c4)CC3)CC2)cc1. The van der Waals surface area contributed by atoms with Gasteiger partial charge in [0.1, 0.15) is 5.75 Å². The molecular weight excluding hydrogens is 469 g/mol. The van der Waals surface area contributed by atoms with Gasteiger partial charge in [0.25, 0.3) is 0 Å². The Kier molecular flexibility index (Phi) is 8.69. The van der Waals surface area contributed by atoms with E-state index in [1.165, 1.54) is 11.6 Å². The molecule has 2 aliphatic rings. The van der Waals surface area contributed by atoms with Crippen molar-refractivity contribution in [1.29, 1.82) is 0 Å². The number of carbonyl (C=O) groups is 1. The summed E-state index contributed by atoms with van der Waals surface area (Å²) in [4.78, 5) is 16.5. The Hall–Kier alpha value is -2.84. The normalized spacial score (nSPS) is 19.1. The third kappa shape index (κ3) is 6.48. The minimum atomic E-state index is -1.59. The molecule has 0 bridgehead atoms. The van der Waals surface area contributed by atoms with E-state index in [1.54, 1.807) is 13.3 Å². The number of hydrogen-bond acceptors (Lipinski definition) is 5. The first-order chi connectivity index (χ1) is 17.3. The van der Waals surface area contributed by atoms with E-state index in [-0.39, 0.29) is 11.5 Å². The largest absolute Gasteiger partial charge is 0.497 e. The second-order valence-electron chi connectivity index (χ2n) is 9.72. The van der Waals surface area contributed by atoms with Crippen molar-refractivity contribution in [2.24, 2.45) is 5.92 Å². The fraction of sp³-hybridized carbons (Fsp3) is 0.464. The summed E-state index contributed by atoms with van der Waals surface area (Å²) >= 11 is 0. The number of likely N-dealkylation sites (tertiary alicyclic amines) is 2. The molecule has 0 aromatic heterocycles. The molecule has 2 saturated heterocycles. The number of halogens is 3. The Labute approximate surface area is 210 Å². The number of ether oxygens (including phenoxy) is 1. The van der Waals surface area contributed by atoms with Gasteiger partial charge in [0, 0.05) is 37.5 Å². The molecule has 2 heterocycles. The standard InChI is InChI=1S/C28H33F3N2O3/c1-36-23-4-2-19(3-5-23)20-6-13-33(14-7-20)18-27(35)21-8-11-32(12-9-21)15-10-26(34)22-16-24(29)28(31)25(30)17-22/h2-5,10,15-17,20-21,27,35H,6-9,11-14,18H2,1H3. The molecule has 5 nitrogen and oxygen atoms in total. The highest BCUT2D eigenvalue weighted by atomic mass is 19.2. The van der Waals surface area contributed by atoms with Gasteiger partial charge in [-0.3, -0.25) is 4.79 Å². The second kappa shape index (κ2) is 11.9. The van der Waals surface area contributed by atoms with Crippen molar-refractivity contribution in [3.8, 4) is 5.75 Å². The number of ketones is 1. The molecule has 0 amide bonds. The minimum absolute atomic E-state index is 0.185. The van der Waals surface area contributed by atoms with Crippen LogP contribution in [0.5, 0.6) is 5.75 Å². The number of nitrogens with zero attached hydrogens (tertiary/aromatic N) is 2. The molecule has 4 rings (SSSR count). The average Bonchev–Trinajstić information content (AvgIpc) is 2.90. The van der Waals surface area contributed by atoms with E-state index >= 15 is 0 Å². The Bertz CT molecular complexity index is 1040. The summed E-state index contributed by atoms with van der Waals surface area (Å²) in [5.41, 5.74) is 1.10. The van der Waals surface area contributed by atoms with Crippen molar-refractivity contribution in [3.63, 3.8) is 0 Å². The van der Waals surface area contributed by atoms with Crippen molar-refractivity contribution < 1.29 is 27.8 Å². The quantitative estimate of drug-likeness (QED) is 0.321. The van der Waals surface area contributed by atoms with Gasteiger partial charge in [-0.2, -0.15) is 0 Å². The molecule has 8 heteroatoms. The first kappa shape index (κ1) is 26.2. The van der Waals surface area contributed by atoms with Crippen LogP contribution in [0.1, 0.15) is 47.5 Å². The molecule has 194 valence electrons. The summed E-state index contributed by atoms with van der Waals surface area (Å²) in [6.45, 7) is 3.94. The zero-order valence-electron chi connectivity index (χ0n) is 20.5. The number of carbonyl (C=O) groups excluding carboxylic acids is 1. The predicted octanol–water partition coefficient (Wildman–Crippen LogP) is 4.76. The van der Waals surface area contributed by atoms with E-state index in [2.05, 4.69) is 17.0 Å². The zero-order valence-corrected chi connectivity index (χ0v) is 20.5. The lowest BCUT2D eigenvalue weighted by Gasteiger charge is -2.37. The van der Waals surface area contributed by atoms with Crippen LogP contribution in [0.25, 0.3) is 0 Å². The lowest BCUT2D eigenvalue weighted by Crippen LogP contribution is -2.43. The van der Waals surface area contributed by atoms with Gasteiger partial charge >= 0.3 is 0 Å². The van der Waals surface area contributed by atoms with E-state index in [4.69, 9.17) is 4.74 Å². The number of β-amino-alcohol motifs (C(OH)–C–C–N with tert-alkyl or cyclic N) is 1. The molecular formula is C28H33F3N2O3. The van der Waals surface area contributed by atoms with Crippen LogP contribution in [0.4, 0.5) is 13.2 Å². The van der Waals surface area contributed by atoms with E-state index in [1.807, 2.05) is 17.0 Å². The molecule has 36 heavy (non-hydrogen) atoms. The van der Waals surface area contributed by atoms with Crippen LogP contribution in [0, 0.1) is 23.4 Å². The summed E-state index contributed by atoms with van der Waals surface area (Å²) in [7, 11) is 1.67. The van der Waals surface area contributed by atoms with Gasteiger partial charge in [0.05, 0.1) is 13.2 Å². The summed E-state index contributed by atoms with van der Waals surface area (Å²) in [5.74, 6) is -3.36. The van der Waals surface area contributed by atoms with Crippen LogP contribution >= 0.6 is 0 Å². The second-order valence-corrected chi connectivity index (χ2v) is 9.72. The monoisotopic (exact) mass is 502 g/mol. The Morgan fingerprint density at radius 1 is 1.03 bits per heavy atom. The Morgan fingerprint density at radius 3 is 2.22 bits per heavy atom. The van der Waals surface area contributed by atoms with E-state index in [0.717, 1.165) is 44.5 Å². The summed E-state index contributed by atoms with van der Waals surface area (Å²) < 4.78 is 45.1. The maximum Gasteiger partial charge on any atom is 0.194 e. The van der Waals surface area contributed by atoms with E-state index in [0.29, 0.717) is 37.7 Å². The third-order valence-corrected chi connectivity index (χ3v) is 7.44. The van der Waals surface area contributed by atoms with E-state index in [9.17, 15) is 23.1 Å². The number of benzene rings is 2. The molecule has 1 N–H and O–H groups in total. The number of piperidine rings is 2. The highest BCUT2D eigenvalue weighted by Crippen LogP contribution is 2.30. The number of allylic oxidation sites excluding steroid dienone is 1. The molecule has 0 aliphatic carbocycles. The van der Waals surface area contributed by atoms with Crippen molar-refractivity contribution in [1.82, 2.24) is 9.80 Å². The fourth-order valence-electron chi connectivity index (χ4n) is 5.16. The van der Waals surface area contributed by atoms with Gasteiger partial charge in [-0.1, -0.05) is 12.1 Å². The van der Waals surface area contributed by atoms with Gasteiger partial charge in [0.15, 0.2) is 23.2 Å². The van der Waals surface area contributed by atoms with Crippen LogP contribution in [-0.2, 0) is 0 Å². The van der Waals surface area contributed by atoms with Gasteiger partial charge in [-0.25, -0.2) is 13.2 Å². The molecule has 1 unspecified atom stereocenters. The number of aliphatic hydroxyl groups excluding tert-OH is 1. The molecule has 0 spiro atoms. The zero-order chi connectivity index (χ0) is 25.7. The highest BCUT2D eigenvalue weighted by molar-refractivity contribution is 6.04. The fourth-order valence-corrected chi connectivity index (χ4v) is 5.16. The van der Waals surface area contributed by atoms with Crippen LogP contribution in [0.3, 0.4) is 0 Å². The average molecular weight is 503 g/mol. The molecule has 0 saturated carbocycles. The molecule has 2 aromatic carbocycles. The number of hydrogen-bond donors (Lipinski definition) is 1. The highest BCUT2D eigenvalue weighted by Gasteiger charge is 2.28. The maximum atomic E-state index is 13.4. The van der Waals surface area contributed by atoms with Crippen LogP contribution in [0.15, 0.2) is 48.7 Å². The minimum Gasteiger partial charge on any atom is -0.497 e. The Balaban J connectivity index is 1.20. The Morgan fingerprint density at radius 2 is 1.64 bits per heavy atom. The lowest BCUT2D eigenvalue weighted by molar-refractivity contribution is 0.0319. The molecule has 1 atom stereocenters. The van der Waals surface area contributed by atoms with Crippen molar-refractivity contribution >= 4 is 5.78 Å². The smallest absolute Gasteiger partial charge is 0.194 e. The van der Waals surface area contributed by atoms with Crippen molar-refractivity contribution in [3.05, 3.63) is 77.3 Å². The topological polar surface area (TPSA) is 53.0 Å². The number of aliphatic hydroxyl groups is 1. The molecule has 2 aromatic rings. The number of rotatable bonds is 8. The van der Waals surface area contributed by atoms with Crippen molar-refractivity contribution in [2.75, 3.05) is 39.8 Å². The predicted molar refractivity (Wildman–Crippen MR) is 131 cm³/mol. The van der Waals surface area contributed by atoms with Crippen LogP contribution in [0.2, 0.25) is 0 Å². The summed E-state index contributed by atoms with van der Waals surface area (Å²) in [6, 6.07) is 9.69. The number of methoxy groups -OCH3 is 1. The third-order valence-electron chi connectivity index (χ3n) is 7.44. The first-order valence-corrected chi connectivity index (χ1v) is 12.5. The molecule has 0 radical (unpaired) electrons.